The second-order valence-corrected chi connectivity index (χ2v) is 10.9. The van der Waals surface area contributed by atoms with Gasteiger partial charge in [-0.2, -0.15) is 0 Å². The van der Waals surface area contributed by atoms with Crippen molar-refractivity contribution in [3.63, 3.8) is 0 Å². The lowest BCUT2D eigenvalue weighted by Crippen LogP contribution is -2.44. The van der Waals surface area contributed by atoms with Crippen molar-refractivity contribution in [3.8, 4) is 0 Å². The summed E-state index contributed by atoms with van der Waals surface area (Å²) in [6, 6.07) is 10.6. The van der Waals surface area contributed by atoms with E-state index in [0.717, 1.165) is 64.6 Å². The van der Waals surface area contributed by atoms with Gasteiger partial charge in [0.2, 0.25) is 0 Å². The fourth-order valence-electron chi connectivity index (χ4n) is 5.13. The standard InChI is InChI=1S/C33H52N2O4.HI/c1-5-6-7-8-11-17-22-31(39-33(37)28(2)3)30(21-16-10-9-12-18-23-32(36)38-4)35-25-24-34(27-35)26-29-19-14-13-15-20-29;/h13-15,19-20,24-25,30-31H,2,5-12,16-18,21-23,26-27H2,1,3-4H3;1H. The lowest BCUT2D eigenvalue weighted by molar-refractivity contribution is -0.148. The molecule has 1 aromatic rings. The average Bonchev–Trinajstić information content (AvgIpc) is 3.39. The molecule has 0 bridgehead atoms. The highest BCUT2D eigenvalue weighted by atomic mass is 127. The summed E-state index contributed by atoms with van der Waals surface area (Å²) in [6.45, 7) is 9.44. The first-order valence-electron chi connectivity index (χ1n) is 15.1. The topological polar surface area (TPSA) is 59.1 Å². The van der Waals surface area contributed by atoms with Crippen LogP contribution in [0.5, 0.6) is 0 Å². The van der Waals surface area contributed by atoms with Gasteiger partial charge in [0.25, 0.3) is 0 Å². The minimum absolute atomic E-state index is 0. The first kappa shape index (κ1) is 36.0. The van der Waals surface area contributed by atoms with Crippen LogP contribution in [0.15, 0.2) is 54.9 Å². The highest BCUT2D eigenvalue weighted by Crippen LogP contribution is 2.26. The first-order valence-corrected chi connectivity index (χ1v) is 15.1. The Balaban J connectivity index is 0.00000800. The Hall–Kier alpha value is -2.03. The van der Waals surface area contributed by atoms with E-state index >= 15 is 0 Å². The van der Waals surface area contributed by atoms with Crippen LogP contribution in [0.1, 0.15) is 109 Å². The third kappa shape index (κ3) is 14.6. The van der Waals surface area contributed by atoms with Crippen LogP contribution >= 0.6 is 24.0 Å². The smallest absolute Gasteiger partial charge is 0.333 e. The van der Waals surface area contributed by atoms with Gasteiger partial charge in [-0.15, -0.1) is 24.0 Å². The summed E-state index contributed by atoms with van der Waals surface area (Å²) in [6.07, 6.45) is 18.9. The van der Waals surface area contributed by atoms with Gasteiger partial charge in [0.1, 0.15) is 6.10 Å². The molecule has 226 valence electrons. The Morgan fingerprint density at radius 1 is 0.900 bits per heavy atom. The second-order valence-electron chi connectivity index (χ2n) is 10.9. The average molecular weight is 669 g/mol. The molecule has 0 radical (unpaired) electrons. The highest BCUT2D eigenvalue weighted by molar-refractivity contribution is 14.0. The number of carbonyl (C=O) groups is 2. The van der Waals surface area contributed by atoms with Crippen molar-refractivity contribution >= 4 is 35.9 Å². The number of hydrogen-bond acceptors (Lipinski definition) is 6. The van der Waals surface area contributed by atoms with Gasteiger partial charge in [0.15, 0.2) is 0 Å². The molecule has 2 atom stereocenters. The third-order valence-corrected chi connectivity index (χ3v) is 7.46. The Kier molecular flexibility index (Phi) is 19.5. The van der Waals surface area contributed by atoms with Crippen LogP contribution in [0.3, 0.4) is 0 Å². The lowest BCUT2D eigenvalue weighted by atomic mass is 9.96. The van der Waals surface area contributed by atoms with Crippen molar-refractivity contribution in [1.29, 1.82) is 0 Å². The van der Waals surface area contributed by atoms with Crippen LogP contribution in [0.2, 0.25) is 0 Å². The molecule has 1 aliphatic rings. The van der Waals surface area contributed by atoms with Gasteiger partial charge in [0.05, 0.1) is 19.8 Å². The second kappa shape index (κ2) is 21.7. The molecular formula is C33H53IN2O4. The fourth-order valence-corrected chi connectivity index (χ4v) is 5.13. The number of ether oxygens (including phenoxy) is 2. The minimum Gasteiger partial charge on any atom is -0.469 e. The molecular weight excluding hydrogens is 615 g/mol. The highest BCUT2D eigenvalue weighted by Gasteiger charge is 2.31. The minimum atomic E-state index is -0.289. The Labute approximate surface area is 260 Å². The van der Waals surface area contributed by atoms with Crippen LogP contribution in [0, 0.1) is 0 Å². The van der Waals surface area contributed by atoms with E-state index in [2.05, 4.69) is 60.0 Å². The van der Waals surface area contributed by atoms with E-state index in [1.807, 2.05) is 6.07 Å². The Morgan fingerprint density at radius 2 is 1.52 bits per heavy atom. The summed E-state index contributed by atoms with van der Waals surface area (Å²) in [5, 5.41) is 0. The molecule has 0 N–H and O–H groups in total. The number of rotatable bonds is 21. The Morgan fingerprint density at radius 3 is 2.17 bits per heavy atom. The van der Waals surface area contributed by atoms with E-state index in [-0.39, 0.29) is 48.1 Å². The molecule has 2 unspecified atom stereocenters. The summed E-state index contributed by atoms with van der Waals surface area (Å²) in [4.78, 5) is 28.7. The van der Waals surface area contributed by atoms with Gasteiger partial charge in [0, 0.05) is 30.9 Å². The van der Waals surface area contributed by atoms with Crippen molar-refractivity contribution in [2.24, 2.45) is 0 Å². The van der Waals surface area contributed by atoms with Gasteiger partial charge in [-0.1, -0.05) is 102 Å². The quantitative estimate of drug-likeness (QED) is 0.0568. The van der Waals surface area contributed by atoms with Crippen LogP contribution in [-0.2, 0) is 25.6 Å². The molecule has 7 heteroatoms. The van der Waals surface area contributed by atoms with E-state index < -0.39 is 0 Å². The number of carbonyl (C=O) groups excluding carboxylic acids is 2. The summed E-state index contributed by atoms with van der Waals surface area (Å²) < 4.78 is 10.9. The number of esters is 2. The molecule has 0 spiro atoms. The van der Waals surface area contributed by atoms with Gasteiger partial charge in [-0.3, -0.25) is 4.79 Å². The summed E-state index contributed by atoms with van der Waals surface area (Å²) in [5.74, 6) is -0.420. The van der Waals surface area contributed by atoms with Crippen LogP contribution < -0.4 is 0 Å². The van der Waals surface area contributed by atoms with E-state index in [0.29, 0.717) is 12.0 Å². The fraction of sp³-hybridized carbons (Fsp3) is 0.636. The number of nitrogens with zero attached hydrogens (tertiary/aromatic N) is 2. The molecule has 1 aromatic carbocycles. The number of methoxy groups -OCH3 is 1. The predicted octanol–water partition coefficient (Wildman–Crippen LogP) is 8.36. The van der Waals surface area contributed by atoms with Crippen LogP contribution in [0.4, 0.5) is 0 Å². The molecule has 40 heavy (non-hydrogen) atoms. The zero-order valence-electron chi connectivity index (χ0n) is 25.2. The predicted molar refractivity (Wildman–Crippen MR) is 174 cm³/mol. The van der Waals surface area contributed by atoms with Crippen molar-refractivity contribution < 1.29 is 19.1 Å². The molecule has 1 aliphatic heterocycles. The van der Waals surface area contributed by atoms with E-state index in [1.54, 1.807) is 6.92 Å². The van der Waals surface area contributed by atoms with Gasteiger partial charge >= 0.3 is 11.9 Å². The zero-order valence-corrected chi connectivity index (χ0v) is 27.5. The molecule has 0 aliphatic carbocycles. The molecule has 6 nitrogen and oxygen atoms in total. The summed E-state index contributed by atoms with van der Waals surface area (Å²) >= 11 is 0. The van der Waals surface area contributed by atoms with E-state index in [1.165, 1.54) is 44.8 Å². The molecule has 0 saturated heterocycles. The summed E-state index contributed by atoms with van der Waals surface area (Å²) in [5.41, 5.74) is 1.74. The maximum Gasteiger partial charge on any atom is 0.333 e. The van der Waals surface area contributed by atoms with Gasteiger partial charge in [-0.05, 0) is 38.2 Å². The largest absolute Gasteiger partial charge is 0.469 e. The molecule has 1 heterocycles. The normalized spacial score (nSPS) is 14.0. The van der Waals surface area contributed by atoms with E-state index in [4.69, 9.17) is 9.47 Å². The van der Waals surface area contributed by atoms with Crippen LogP contribution in [0.25, 0.3) is 0 Å². The van der Waals surface area contributed by atoms with Crippen molar-refractivity contribution in [3.05, 3.63) is 60.4 Å². The zero-order chi connectivity index (χ0) is 28.3. The molecule has 0 aromatic heterocycles. The van der Waals surface area contributed by atoms with Crippen LogP contribution in [-0.4, -0.2) is 47.7 Å². The van der Waals surface area contributed by atoms with Gasteiger partial charge < -0.3 is 19.3 Å². The number of benzene rings is 1. The monoisotopic (exact) mass is 668 g/mol. The maximum atomic E-state index is 12.7. The summed E-state index contributed by atoms with van der Waals surface area (Å²) in [7, 11) is 1.44. The molecule has 0 fully saturated rings. The van der Waals surface area contributed by atoms with Crippen molar-refractivity contribution in [2.45, 2.75) is 122 Å². The number of unbranched alkanes of at least 4 members (excludes halogenated alkanes) is 9. The molecule has 0 saturated carbocycles. The lowest BCUT2D eigenvalue weighted by Gasteiger charge is -2.35. The van der Waals surface area contributed by atoms with E-state index in [9.17, 15) is 9.59 Å². The maximum absolute atomic E-state index is 12.7. The Bertz CT molecular complexity index is 876. The third-order valence-electron chi connectivity index (χ3n) is 7.46. The molecule has 0 amide bonds. The van der Waals surface area contributed by atoms with Crippen molar-refractivity contribution in [1.82, 2.24) is 9.80 Å². The first-order chi connectivity index (χ1) is 18.9. The number of hydrogen-bond donors (Lipinski definition) is 0. The SMILES string of the molecule is C=C(C)C(=O)OC(CCCCCCCC)C(CCCCCCCC(=O)OC)N1C=CN(Cc2ccccc2)C1.I. The van der Waals surface area contributed by atoms with Crippen molar-refractivity contribution in [2.75, 3.05) is 13.8 Å². The number of halogens is 1. The van der Waals surface area contributed by atoms with Gasteiger partial charge in [-0.25, -0.2) is 4.79 Å². The molecule has 2 rings (SSSR count).